The molecular weight excluding hydrogens is 312 g/mol. The molecule has 0 unspecified atom stereocenters. The lowest BCUT2D eigenvalue weighted by Crippen LogP contribution is -2.12. The average molecular weight is 332 g/mol. The molecular formula is C18H20O6. The molecule has 128 valence electrons. The predicted molar refractivity (Wildman–Crippen MR) is 90.4 cm³/mol. The Bertz CT molecular complexity index is 813. The summed E-state index contributed by atoms with van der Waals surface area (Å²) >= 11 is 0. The van der Waals surface area contributed by atoms with Crippen molar-refractivity contribution in [3.63, 3.8) is 0 Å². The van der Waals surface area contributed by atoms with Crippen LogP contribution >= 0.6 is 0 Å². The molecule has 0 atom stereocenters. The van der Waals surface area contributed by atoms with Gasteiger partial charge in [0.25, 0.3) is 0 Å². The number of hydrogen-bond acceptors (Lipinski definition) is 6. The van der Waals surface area contributed by atoms with Gasteiger partial charge in [-0.2, -0.15) is 0 Å². The Morgan fingerprint density at radius 2 is 1.71 bits per heavy atom. The molecule has 2 aromatic rings. The molecule has 0 N–H and O–H groups in total. The van der Waals surface area contributed by atoms with Gasteiger partial charge in [-0.05, 0) is 23.9 Å². The van der Waals surface area contributed by atoms with E-state index in [1.54, 1.807) is 24.3 Å². The summed E-state index contributed by atoms with van der Waals surface area (Å²) in [5.41, 5.74) is -0.391. The minimum atomic E-state index is -0.449. The number of esters is 1. The lowest BCUT2D eigenvalue weighted by atomic mass is 10.1. The lowest BCUT2D eigenvalue weighted by Gasteiger charge is -2.14. The standard InChI is InChI=1S/C18H20O6/c1-5-7-14(19)24-18-15-11(10-13(22-3)17(18)23-4)8-6-9-12(21-2)16(15)20/h6,8-10H,5,7H2,1-4H3. The predicted octanol–water partition coefficient (Wildman–Crippen LogP) is 2.93. The molecule has 6 nitrogen and oxygen atoms in total. The van der Waals surface area contributed by atoms with Gasteiger partial charge >= 0.3 is 5.97 Å². The molecule has 6 heteroatoms. The minimum Gasteiger partial charge on any atom is -0.493 e. The molecule has 0 bridgehead atoms. The summed E-state index contributed by atoms with van der Waals surface area (Å²) in [5, 5.41) is 0.763. The van der Waals surface area contributed by atoms with Crippen LogP contribution in [0, 0.1) is 0 Å². The Morgan fingerprint density at radius 1 is 1.00 bits per heavy atom. The summed E-state index contributed by atoms with van der Waals surface area (Å²) in [6.45, 7) is 1.87. The quantitative estimate of drug-likeness (QED) is 0.598. The van der Waals surface area contributed by atoms with Crippen LogP contribution in [0.3, 0.4) is 0 Å². The second-order valence-electron chi connectivity index (χ2n) is 5.05. The van der Waals surface area contributed by atoms with Crippen LogP contribution in [0.1, 0.15) is 19.8 Å². The highest BCUT2D eigenvalue weighted by atomic mass is 16.6. The van der Waals surface area contributed by atoms with Crippen molar-refractivity contribution in [1.29, 1.82) is 0 Å². The van der Waals surface area contributed by atoms with Crippen LogP contribution in [-0.2, 0) is 4.79 Å². The molecule has 0 aliphatic heterocycles. The van der Waals surface area contributed by atoms with Gasteiger partial charge in [0.2, 0.25) is 11.2 Å². The van der Waals surface area contributed by atoms with E-state index in [1.165, 1.54) is 21.3 Å². The number of fused-ring (bicyclic) bond motifs is 1. The van der Waals surface area contributed by atoms with Gasteiger partial charge in [-0.3, -0.25) is 9.59 Å². The van der Waals surface area contributed by atoms with Gasteiger partial charge in [0.15, 0.2) is 17.2 Å². The van der Waals surface area contributed by atoms with Gasteiger partial charge < -0.3 is 18.9 Å². The number of hydrogen-bond donors (Lipinski definition) is 0. The zero-order valence-electron chi connectivity index (χ0n) is 14.2. The molecule has 0 aromatic heterocycles. The first-order valence-electron chi connectivity index (χ1n) is 7.54. The number of rotatable bonds is 6. The van der Waals surface area contributed by atoms with Crippen LogP contribution in [0.15, 0.2) is 29.1 Å². The Hall–Kier alpha value is -2.76. The first-order valence-corrected chi connectivity index (χ1v) is 7.54. The van der Waals surface area contributed by atoms with Crippen molar-refractivity contribution >= 4 is 16.7 Å². The van der Waals surface area contributed by atoms with Crippen LogP contribution in [0.4, 0.5) is 0 Å². The van der Waals surface area contributed by atoms with E-state index in [2.05, 4.69) is 0 Å². The average Bonchev–Trinajstić information content (AvgIpc) is 2.73. The molecule has 0 saturated heterocycles. The van der Waals surface area contributed by atoms with E-state index in [0.717, 1.165) is 0 Å². The number of methoxy groups -OCH3 is 3. The Morgan fingerprint density at radius 3 is 2.29 bits per heavy atom. The summed E-state index contributed by atoms with van der Waals surface area (Å²) in [7, 11) is 4.31. The van der Waals surface area contributed by atoms with E-state index >= 15 is 0 Å². The second kappa shape index (κ2) is 7.68. The van der Waals surface area contributed by atoms with E-state index in [9.17, 15) is 9.59 Å². The first-order chi connectivity index (χ1) is 11.6. The van der Waals surface area contributed by atoms with Crippen molar-refractivity contribution in [3.05, 3.63) is 34.5 Å². The zero-order chi connectivity index (χ0) is 17.7. The van der Waals surface area contributed by atoms with Crippen LogP contribution < -0.4 is 24.4 Å². The molecule has 2 rings (SSSR count). The van der Waals surface area contributed by atoms with Crippen molar-refractivity contribution in [2.24, 2.45) is 0 Å². The van der Waals surface area contributed by atoms with Crippen molar-refractivity contribution in [3.8, 4) is 23.0 Å². The number of carbonyl (C=O) groups is 1. The largest absolute Gasteiger partial charge is 0.493 e. The van der Waals surface area contributed by atoms with Crippen LogP contribution in [0.2, 0.25) is 0 Å². The normalized spacial score (nSPS) is 10.3. The van der Waals surface area contributed by atoms with Crippen molar-refractivity contribution < 1.29 is 23.7 Å². The fraction of sp³-hybridized carbons (Fsp3) is 0.333. The fourth-order valence-corrected chi connectivity index (χ4v) is 2.41. The zero-order valence-corrected chi connectivity index (χ0v) is 14.2. The van der Waals surface area contributed by atoms with Gasteiger partial charge in [-0.25, -0.2) is 0 Å². The molecule has 0 amide bonds. The molecule has 24 heavy (non-hydrogen) atoms. The molecule has 0 aliphatic carbocycles. The minimum absolute atomic E-state index is 0.0461. The number of ether oxygens (including phenoxy) is 4. The summed E-state index contributed by atoms with van der Waals surface area (Å²) in [6.07, 6.45) is 0.858. The molecule has 0 fully saturated rings. The van der Waals surface area contributed by atoms with Gasteiger partial charge in [-0.15, -0.1) is 0 Å². The molecule has 0 saturated carbocycles. The van der Waals surface area contributed by atoms with Crippen molar-refractivity contribution in [2.45, 2.75) is 19.8 Å². The molecule has 0 spiro atoms. The van der Waals surface area contributed by atoms with Gasteiger partial charge in [0.05, 0.1) is 26.7 Å². The topological polar surface area (TPSA) is 71.1 Å². The maximum atomic E-state index is 12.8. The highest BCUT2D eigenvalue weighted by molar-refractivity contribution is 5.95. The molecule has 2 aromatic carbocycles. The third-order valence-electron chi connectivity index (χ3n) is 3.52. The summed E-state index contributed by atoms with van der Waals surface area (Å²) in [4.78, 5) is 24.8. The SMILES string of the molecule is CCCC(=O)Oc1c(OC)c(OC)cc2cccc(OC)c(=O)c12. The summed E-state index contributed by atoms with van der Waals surface area (Å²) in [6, 6.07) is 6.62. The maximum Gasteiger partial charge on any atom is 0.311 e. The first kappa shape index (κ1) is 17.6. The molecule has 0 aliphatic rings. The second-order valence-corrected chi connectivity index (χ2v) is 5.05. The Kier molecular flexibility index (Phi) is 5.63. The lowest BCUT2D eigenvalue weighted by molar-refractivity contribution is -0.134. The smallest absolute Gasteiger partial charge is 0.311 e. The monoisotopic (exact) mass is 332 g/mol. The van der Waals surface area contributed by atoms with E-state index in [0.29, 0.717) is 17.6 Å². The highest BCUT2D eigenvalue weighted by Gasteiger charge is 2.21. The Labute approximate surface area is 139 Å². The van der Waals surface area contributed by atoms with E-state index in [1.807, 2.05) is 6.92 Å². The maximum absolute atomic E-state index is 12.8. The van der Waals surface area contributed by atoms with Gasteiger partial charge in [0.1, 0.15) is 0 Å². The van der Waals surface area contributed by atoms with Crippen molar-refractivity contribution in [2.75, 3.05) is 21.3 Å². The molecule has 0 heterocycles. The van der Waals surface area contributed by atoms with E-state index in [-0.39, 0.29) is 29.1 Å². The summed E-state index contributed by atoms with van der Waals surface area (Å²) < 4.78 is 21.2. The van der Waals surface area contributed by atoms with E-state index < -0.39 is 11.4 Å². The van der Waals surface area contributed by atoms with Crippen LogP contribution in [-0.4, -0.2) is 27.3 Å². The van der Waals surface area contributed by atoms with Gasteiger partial charge in [-0.1, -0.05) is 19.1 Å². The third kappa shape index (κ3) is 3.27. The van der Waals surface area contributed by atoms with Crippen LogP contribution in [0.5, 0.6) is 23.0 Å². The van der Waals surface area contributed by atoms with E-state index in [4.69, 9.17) is 18.9 Å². The van der Waals surface area contributed by atoms with Crippen molar-refractivity contribution in [1.82, 2.24) is 0 Å². The fourth-order valence-electron chi connectivity index (χ4n) is 2.41. The number of benzene rings is 1. The molecule has 0 radical (unpaired) electrons. The third-order valence-corrected chi connectivity index (χ3v) is 3.52. The number of carbonyl (C=O) groups excluding carboxylic acids is 1. The summed E-state index contributed by atoms with van der Waals surface area (Å²) in [5.74, 6) is 0.304. The van der Waals surface area contributed by atoms with Crippen LogP contribution in [0.25, 0.3) is 10.8 Å². The highest BCUT2D eigenvalue weighted by Crippen LogP contribution is 2.42. The Balaban J connectivity index is 2.89. The van der Waals surface area contributed by atoms with Gasteiger partial charge in [0, 0.05) is 6.42 Å².